The Balaban J connectivity index is 1.87. The number of benzene rings is 2. The Labute approximate surface area is 177 Å². The van der Waals surface area contributed by atoms with E-state index in [1.165, 1.54) is 25.7 Å². The van der Waals surface area contributed by atoms with Gasteiger partial charge in [0.05, 0.1) is 5.41 Å². The number of ether oxygens (including phenoxy) is 2. The summed E-state index contributed by atoms with van der Waals surface area (Å²) < 4.78 is 11.7. The maximum absolute atomic E-state index is 12.0. The standard InChI is InChI=1S/C25H30O5/c26-21-13-9-19(10-14-21)24(20-11-15-22(27)16-12-20)17-7-5-3-1-2-4-6-8-18-25(24)29-23(28)30-25/h9-16,26-27H,1-8,17-18H2. The number of hydrogen-bond acceptors (Lipinski definition) is 5. The largest absolute Gasteiger partial charge is 0.515 e. The van der Waals surface area contributed by atoms with E-state index in [4.69, 9.17) is 9.47 Å². The van der Waals surface area contributed by atoms with Gasteiger partial charge in [0.1, 0.15) is 11.5 Å². The SMILES string of the molecule is O=C1OC2(CCCCCCCCCCC2(c2ccc(O)cc2)c2ccc(O)cc2)O1. The molecule has 4 rings (SSSR count). The van der Waals surface area contributed by atoms with E-state index in [0.29, 0.717) is 6.42 Å². The summed E-state index contributed by atoms with van der Waals surface area (Å²) in [6.45, 7) is 0. The molecule has 2 aliphatic rings. The first-order valence-corrected chi connectivity index (χ1v) is 11.1. The van der Waals surface area contributed by atoms with Gasteiger partial charge in [-0.05, 0) is 48.2 Å². The van der Waals surface area contributed by atoms with Crippen molar-refractivity contribution >= 4 is 6.16 Å². The van der Waals surface area contributed by atoms with Crippen LogP contribution in [0, 0.1) is 0 Å². The van der Waals surface area contributed by atoms with Gasteiger partial charge in [0.25, 0.3) is 5.79 Å². The first-order chi connectivity index (χ1) is 14.6. The molecule has 30 heavy (non-hydrogen) atoms. The topological polar surface area (TPSA) is 76.0 Å². The van der Waals surface area contributed by atoms with Gasteiger partial charge in [-0.2, -0.15) is 0 Å². The van der Waals surface area contributed by atoms with Crippen LogP contribution in [0.1, 0.15) is 75.3 Å². The summed E-state index contributed by atoms with van der Waals surface area (Å²) in [5, 5.41) is 19.8. The molecule has 2 aromatic rings. The Morgan fingerprint density at radius 2 is 1.00 bits per heavy atom. The van der Waals surface area contributed by atoms with Crippen LogP contribution in [0.3, 0.4) is 0 Å². The molecular formula is C25H30O5. The highest BCUT2D eigenvalue weighted by molar-refractivity contribution is 5.68. The van der Waals surface area contributed by atoms with Gasteiger partial charge in [-0.3, -0.25) is 0 Å². The van der Waals surface area contributed by atoms with Crippen LogP contribution in [-0.2, 0) is 14.9 Å². The second-order valence-electron chi connectivity index (χ2n) is 8.53. The Kier molecular flexibility index (Phi) is 5.89. The van der Waals surface area contributed by atoms with Crippen LogP contribution < -0.4 is 0 Å². The smallest absolute Gasteiger partial charge is 0.508 e. The molecule has 1 saturated carbocycles. The summed E-state index contributed by atoms with van der Waals surface area (Å²) in [6, 6.07) is 14.3. The minimum atomic E-state index is -1.09. The summed E-state index contributed by atoms with van der Waals surface area (Å²) in [5.41, 5.74) is 1.16. The van der Waals surface area contributed by atoms with Crippen molar-refractivity contribution in [1.82, 2.24) is 0 Å². The van der Waals surface area contributed by atoms with E-state index in [0.717, 1.165) is 43.2 Å². The van der Waals surface area contributed by atoms with Gasteiger partial charge in [-0.15, -0.1) is 0 Å². The van der Waals surface area contributed by atoms with Crippen LogP contribution in [0.25, 0.3) is 0 Å². The molecule has 1 spiro atoms. The molecule has 1 aliphatic heterocycles. The van der Waals surface area contributed by atoms with E-state index < -0.39 is 17.4 Å². The molecule has 1 aliphatic carbocycles. The molecule has 5 heteroatoms. The van der Waals surface area contributed by atoms with Crippen molar-refractivity contribution in [2.75, 3.05) is 0 Å². The quantitative estimate of drug-likeness (QED) is 0.580. The molecule has 0 radical (unpaired) electrons. The van der Waals surface area contributed by atoms with Crippen molar-refractivity contribution < 1.29 is 24.5 Å². The van der Waals surface area contributed by atoms with Crippen molar-refractivity contribution in [3.8, 4) is 11.5 Å². The third-order valence-corrected chi connectivity index (χ3v) is 6.67. The summed E-state index contributed by atoms with van der Waals surface area (Å²) in [6.07, 6.45) is 9.63. The monoisotopic (exact) mass is 410 g/mol. The minimum absolute atomic E-state index is 0.188. The van der Waals surface area contributed by atoms with Crippen LogP contribution in [-0.4, -0.2) is 22.2 Å². The molecule has 2 aromatic carbocycles. The number of hydrogen-bond donors (Lipinski definition) is 2. The highest BCUT2D eigenvalue weighted by Gasteiger charge is 2.64. The normalized spacial score (nSPS) is 21.4. The second-order valence-corrected chi connectivity index (χ2v) is 8.53. The molecule has 5 nitrogen and oxygen atoms in total. The summed E-state index contributed by atoms with van der Waals surface area (Å²) in [7, 11) is 0. The maximum atomic E-state index is 12.0. The van der Waals surface area contributed by atoms with Crippen LogP contribution in [0.15, 0.2) is 48.5 Å². The van der Waals surface area contributed by atoms with E-state index in [2.05, 4.69) is 0 Å². The van der Waals surface area contributed by atoms with Gasteiger partial charge in [0.15, 0.2) is 0 Å². The van der Waals surface area contributed by atoms with E-state index >= 15 is 0 Å². The van der Waals surface area contributed by atoms with E-state index in [9.17, 15) is 15.0 Å². The Hall–Kier alpha value is -2.69. The summed E-state index contributed by atoms with van der Waals surface area (Å²) in [5.74, 6) is -0.710. The summed E-state index contributed by atoms with van der Waals surface area (Å²) >= 11 is 0. The van der Waals surface area contributed by atoms with Crippen LogP contribution in [0.2, 0.25) is 0 Å². The lowest BCUT2D eigenvalue weighted by Crippen LogP contribution is -2.64. The van der Waals surface area contributed by atoms with Crippen molar-refractivity contribution in [3.05, 3.63) is 59.7 Å². The van der Waals surface area contributed by atoms with Crippen LogP contribution in [0.5, 0.6) is 11.5 Å². The average Bonchev–Trinajstić information content (AvgIpc) is 2.71. The van der Waals surface area contributed by atoms with Crippen molar-refractivity contribution in [2.45, 2.75) is 75.4 Å². The average molecular weight is 411 g/mol. The van der Waals surface area contributed by atoms with Gasteiger partial charge in [0.2, 0.25) is 0 Å². The number of phenols is 2. The maximum Gasteiger partial charge on any atom is 0.515 e. The molecular weight excluding hydrogens is 380 g/mol. The van der Waals surface area contributed by atoms with E-state index in [1.54, 1.807) is 24.3 Å². The molecule has 0 amide bonds. The fourth-order valence-corrected chi connectivity index (χ4v) is 5.15. The molecule has 0 atom stereocenters. The fourth-order valence-electron chi connectivity index (χ4n) is 5.15. The van der Waals surface area contributed by atoms with Gasteiger partial charge in [-0.25, -0.2) is 4.79 Å². The van der Waals surface area contributed by atoms with E-state index in [1.807, 2.05) is 24.3 Å². The molecule has 1 heterocycles. The minimum Gasteiger partial charge on any atom is -0.508 e. The number of aromatic hydroxyl groups is 2. The van der Waals surface area contributed by atoms with E-state index in [-0.39, 0.29) is 11.5 Å². The van der Waals surface area contributed by atoms with Gasteiger partial charge in [0, 0.05) is 6.42 Å². The van der Waals surface area contributed by atoms with Gasteiger partial charge < -0.3 is 19.7 Å². The zero-order chi connectivity index (χ0) is 21.0. The fraction of sp³-hybridized carbons (Fsp3) is 0.480. The lowest BCUT2D eigenvalue weighted by Gasteiger charge is -2.53. The van der Waals surface area contributed by atoms with Crippen LogP contribution >= 0.6 is 0 Å². The first-order valence-electron chi connectivity index (χ1n) is 11.1. The number of rotatable bonds is 2. The van der Waals surface area contributed by atoms with Crippen molar-refractivity contribution in [3.63, 3.8) is 0 Å². The highest BCUT2D eigenvalue weighted by atomic mass is 16.9. The molecule has 160 valence electrons. The third kappa shape index (κ3) is 3.73. The Morgan fingerprint density at radius 3 is 1.43 bits per heavy atom. The number of carbonyl (C=O) groups is 1. The highest BCUT2D eigenvalue weighted by Crippen LogP contribution is 2.55. The van der Waals surface area contributed by atoms with Crippen LogP contribution in [0.4, 0.5) is 4.79 Å². The Bertz CT molecular complexity index is 803. The second kappa shape index (κ2) is 8.58. The first kappa shape index (κ1) is 20.6. The zero-order valence-electron chi connectivity index (χ0n) is 17.3. The predicted molar refractivity (Wildman–Crippen MR) is 113 cm³/mol. The van der Waals surface area contributed by atoms with Crippen molar-refractivity contribution in [2.24, 2.45) is 0 Å². The van der Waals surface area contributed by atoms with Crippen molar-refractivity contribution in [1.29, 1.82) is 0 Å². The number of carbonyl (C=O) groups excluding carboxylic acids is 1. The molecule has 1 saturated heterocycles. The summed E-state index contributed by atoms with van der Waals surface area (Å²) in [4.78, 5) is 12.0. The number of phenolic OH excluding ortho intramolecular Hbond substituents is 2. The molecule has 0 unspecified atom stereocenters. The zero-order valence-corrected chi connectivity index (χ0v) is 17.3. The Morgan fingerprint density at radius 1 is 0.600 bits per heavy atom. The molecule has 0 aromatic heterocycles. The van der Waals surface area contributed by atoms with Gasteiger partial charge >= 0.3 is 6.16 Å². The third-order valence-electron chi connectivity index (χ3n) is 6.67. The molecule has 0 bridgehead atoms. The molecule has 2 N–H and O–H groups in total. The lowest BCUT2D eigenvalue weighted by atomic mass is 9.63. The predicted octanol–water partition coefficient (Wildman–Crippen LogP) is 6.16. The molecule has 2 fully saturated rings. The lowest BCUT2D eigenvalue weighted by molar-refractivity contribution is -0.306. The van der Waals surface area contributed by atoms with Gasteiger partial charge in [-0.1, -0.05) is 69.2 Å².